The van der Waals surface area contributed by atoms with Gasteiger partial charge in [-0.2, -0.15) is 0 Å². The Morgan fingerprint density at radius 2 is 1.90 bits per heavy atom. The average Bonchev–Trinajstić information content (AvgIpc) is 3.52. The van der Waals surface area contributed by atoms with Crippen molar-refractivity contribution in [2.24, 2.45) is 4.99 Å². The highest BCUT2D eigenvalue weighted by Crippen LogP contribution is 2.32. The second-order valence-electron chi connectivity index (χ2n) is 9.11. The van der Waals surface area contributed by atoms with Gasteiger partial charge >= 0.3 is 11.9 Å². The Balaban J connectivity index is 1.60. The fourth-order valence-electron chi connectivity index (χ4n) is 4.67. The van der Waals surface area contributed by atoms with Crippen molar-refractivity contribution < 1.29 is 23.8 Å². The summed E-state index contributed by atoms with van der Waals surface area (Å²) in [7, 11) is 0. The number of nitrogens with zero attached hydrogens (tertiary/aromatic N) is 2. The third kappa shape index (κ3) is 5.07. The largest absolute Gasteiger partial charge is 0.478 e. The maximum absolute atomic E-state index is 13.8. The molecule has 5 rings (SSSR count). The Morgan fingerprint density at radius 3 is 2.55 bits per heavy atom. The lowest BCUT2D eigenvalue weighted by molar-refractivity contribution is -0.139. The number of carbonyl (C=O) groups is 2. The number of carbonyl (C=O) groups excluding carboxylic acids is 1. The van der Waals surface area contributed by atoms with Crippen LogP contribution in [0.25, 0.3) is 17.4 Å². The number of esters is 1. The van der Waals surface area contributed by atoms with Gasteiger partial charge in [-0.25, -0.2) is 14.6 Å². The molecule has 0 unspecified atom stereocenters. The predicted molar refractivity (Wildman–Crippen MR) is 154 cm³/mol. The van der Waals surface area contributed by atoms with Gasteiger partial charge in [0.25, 0.3) is 5.56 Å². The van der Waals surface area contributed by atoms with Gasteiger partial charge in [0.1, 0.15) is 11.5 Å². The van der Waals surface area contributed by atoms with Gasteiger partial charge in [-0.15, -0.1) is 11.8 Å². The molecule has 4 aromatic rings. The SMILES string of the molecule is CCOC(=O)C1=C(C)N=c2s/c(=C\c3ccc(-c4ccc(C(=O)O)cc4C)o3)c(=O)n2[C@H]1c1ccc(SC)cc1. The molecule has 1 atom stereocenters. The van der Waals surface area contributed by atoms with Crippen molar-refractivity contribution in [1.82, 2.24) is 4.57 Å². The maximum atomic E-state index is 13.8. The standard InChI is InChI=1S/C30H26N2O6S2/c1-5-37-29(36)25-17(3)31-30-32(26(25)18-6-10-21(39-4)11-7-18)27(33)24(40-30)15-20-9-13-23(38-20)22-12-8-19(28(34)35)14-16(22)2/h6-15,26H,5H2,1-4H3,(H,34,35)/b24-15-/t26-/m0/s1. The molecule has 0 amide bonds. The van der Waals surface area contributed by atoms with Crippen LogP contribution in [-0.4, -0.2) is 34.5 Å². The third-order valence-electron chi connectivity index (χ3n) is 6.59. The number of thioether (sulfide) groups is 1. The highest BCUT2D eigenvalue weighted by atomic mass is 32.2. The van der Waals surface area contributed by atoms with E-state index in [2.05, 4.69) is 4.99 Å². The van der Waals surface area contributed by atoms with Gasteiger partial charge in [0, 0.05) is 16.5 Å². The van der Waals surface area contributed by atoms with Crippen LogP contribution in [0.15, 0.2) is 85.0 Å². The molecule has 0 spiro atoms. The molecule has 2 aromatic carbocycles. The Hall–Kier alpha value is -4.15. The summed E-state index contributed by atoms with van der Waals surface area (Å²) in [5.41, 5.74) is 3.04. The first kappa shape index (κ1) is 27.4. The molecule has 0 radical (unpaired) electrons. The van der Waals surface area contributed by atoms with Crippen LogP contribution in [-0.2, 0) is 9.53 Å². The Bertz CT molecular complexity index is 1840. The van der Waals surface area contributed by atoms with E-state index in [-0.39, 0.29) is 17.7 Å². The summed E-state index contributed by atoms with van der Waals surface area (Å²) in [5.74, 6) is -0.480. The van der Waals surface area contributed by atoms with E-state index in [0.29, 0.717) is 32.1 Å². The molecule has 8 nitrogen and oxygen atoms in total. The highest BCUT2D eigenvalue weighted by Gasteiger charge is 2.33. The predicted octanol–water partition coefficient (Wildman–Crippen LogP) is 4.79. The van der Waals surface area contributed by atoms with E-state index >= 15 is 0 Å². The highest BCUT2D eigenvalue weighted by molar-refractivity contribution is 7.98. The van der Waals surface area contributed by atoms with E-state index in [1.165, 1.54) is 17.4 Å². The number of ether oxygens (including phenoxy) is 1. The topological polar surface area (TPSA) is 111 Å². The number of hydrogen-bond donors (Lipinski definition) is 1. The molecule has 204 valence electrons. The third-order valence-corrected chi connectivity index (χ3v) is 8.31. The number of rotatable bonds is 7. The van der Waals surface area contributed by atoms with Gasteiger partial charge in [-0.05, 0) is 74.6 Å². The molecule has 1 N–H and O–H groups in total. The van der Waals surface area contributed by atoms with Gasteiger partial charge in [-0.3, -0.25) is 9.36 Å². The number of hydrogen-bond acceptors (Lipinski definition) is 8. The second kappa shape index (κ2) is 11.1. The quantitative estimate of drug-likeness (QED) is 0.250. The molecule has 0 saturated carbocycles. The van der Waals surface area contributed by atoms with Crippen LogP contribution in [0.5, 0.6) is 0 Å². The summed E-state index contributed by atoms with van der Waals surface area (Å²) >= 11 is 2.83. The van der Waals surface area contributed by atoms with E-state index < -0.39 is 18.0 Å². The molecule has 3 heterocycles. The number of aromatic nitrogens is 1. The van der Waals surface area contributed by atoms with Crippen LogP contribution >= 0.6 is 23.1 Å². The van der Waals surface area contributed by atoms with Crippen molar-refractivity contribution in [2.45, 2.75) is 31.7 Å². The molecule has 0 bridgehead atoms. The van der Waals surface area contributed by atoms with Gasteiger partial charge in [0.15, 0.2) is 4.80 Å². The molecular formula is C30H26N2O6S2. The van der Waals surface area contributed by atoms with Gasteiger partial charge in [0.2, 0.25) is 0 Å². The normalized spacial score (nSPS) is 15.1. The Morgan fingerprint density at radius 1 is 1.15 bits per heavy atom. The number of fused-ring (bicyclic) bond motifs is 1. The number of carboxylic acids is 1. The lowest BCUT2D eigenvalue weighted by atomic mass is 9.96. The smallest absolute Gasteiger partial charge is 0.338 e. The van der Waals surface area contributed by atoms with E-state index in [9.17, 15) is 19.5 Å². The first-order valence-corrected chi connectivity index (χ1v) is 14.5. The number of aryl methyl sites for hydroxylation is 1. The molecule has 0 aliphatic carbocycles. The molecular weight excluding hydrogens is 548 g/mol. The summed E-state index contributed by atoms with van der Waals surface area (Å²) < 4.78 is 13.3. The van der Waals surface area contributed by atoms with Crippen LogP contribution in [0.2, 0.25) is 0 Å². The number of benzene rings is 2. The first-order valence-electron chi connectivity index (χ1n) is 12.5. The van der Waals surface area contributed by atoms with E-state index in [0.717, 1.165) is 21.6 Å². The number of allylic oxidation sites excluding steroid dienone is 1. The minimum Gasteiger partial charge on any atom is -0.478 e. The van der Waals surface area contributed by atoms with Crippen molar-refractivity contribution in [2.75, 3.05) is 12.9 Å². The number of carboxylic acid groups (broad SMARTS) is 1. The van der Waals surface area contributed by atoms with Crippen LogP contribution in [0, 0.1) is 6.92 Å². The zero-order valence-electron chi connectivity index (χ0n) is 22.3. The zero-order valence-corrected chi connectivity index (χ0v) is 23.9. The number of furan rings is 1. The van der Waals surface area contributed by atoms with Crippen LogP contribution in [0.3, 0.4) is 0 Å². The number of aromatic carboxylic acids is 1. The molecule has 1 aliphatic heterocycles. The molecule has 0 fully saturated rings. The van der Waals surface area contributed by atoms with Gasteiger partial charge in [-0.1, -0.05) is 29.5 Å². The molecule has 2 aromatic heterocycles. The Labute approximate surface area is 238 Å². The van der Waals surface area contributed by atoms with E-state index in [1.807, 2.05) is 37.4 Å². The molecule has 0 saturated heterocycles. The lowest BCUT2D eigenvalue weighted by Crippen LogP contribution is -2.39. The first-order chi connectivity index (χ1) is 19.2. The summed E-state index contributed by atoms with van der Waals surface area (Å²) in [5, 5.41) is 9.24. The van der Waals surface area contributed by atoms with E-state index in [4.69, 9.17) is 9.15 Å². The fourth-order valence-corrected chi connectivity index (χ4v) is 6.11. The summed E-state index contributed by atoms with van der Waals surface area (Å²) in [6.07, 6.45) is 3.64. The van der Waals surface area contributed by atoms with Crippen LogP contribution < -0.4 is 14.9 Å². The summed E-state index contributed by atoms with van der Waals surface area (Å²) in [4.78, 5) is 44.3. The number of thiazole rings is 1. The van der Waals surface area contributed by atoms with Crippen molar-refractivity contribution in [3.8, 4) is 11.3 Å². The maximum Gasteiger partial charge on any atom is 0.338 e. The van der Waals surface area contributed by atoms with Crippen molar-refractivity contribution in [3.63, 3.8) is 0 Å². The Kier molecular flexibility index (Phi) is 7.64. The minimum absolute atomic E-state index is 0.198. The van der Waals surface area contributed by atoms with Crippen LogP contribution in [0.4, 0.5) is 0 Å². The van der Waals surface area contributed by atoms with Crippen molar-refractivity contribution >= 4 is 41.1 Å². The van der Waals surface area contributed by atoms with Crippen molar-refractivity contribution in [3.05, 3.63) is 108 Å². The summed E-state index contributed by atoms with van der Waals surface area (Å²) in [6.45, 7) is 5.52. The molecule has 10 heteroatoms. The second-order valence-corrected chi connectivity index (χ2v) is 11.0. The van der Waals surface area contributed by atoms with Gasteiger partial charge < -0.3 is 14.3 Å². The molecule has 40 heavy (non-hydrogen) atoms. The molecule has 1 aliphatic rings. The van der Waals surface area contributed by atoms with E-state index in [1.54, 1.807) is 60.5 Å². The van der Waals surface area contributed by atoms with Crippen LogP contribution in [0.1, 0.15) is 47.1 Å². The minimum atomic E-state index is -0.995. The lowest BCUT2D eigenvalue weighted by Gasteiger charge is -2.24. The average molecular weight is 575 g/mol. The van der Waals surface area contributed by atoms with Gasteiger partial charge in [0.05, 0.1) is 34.0 Å². The summed E-state index contributed by atoms with van der Waals surface area (Å²) in [6, 6.07) is 15.4. The zero-order chi connectivity index (χ0) is 28.6. The van der Waals surface area contributed by atoms with Crippen molar-refractivity contribution in [1.29, 1.82) is 0 Å². The fraction of sp³-hybridized carbons (Fsp3) is 0.200. The monoisotopic (exact) mass is 574 g/mol.